The molecule has 0 bridgehead atoms. The van der Waals surface area contributed by atoms with Gasteiger partial charge in [0.2, 0.25) is 0 Å². The van der Waals surface area contributed by atoms with Crippen molar-refractivity contribution in [3.8, 4) is 11.5 Å². The molecule has 7 rings (SSSR count). The van der Waals surface area contributed by atoms with Crippen LogP contribution in [0.3, 0.4) is 0 Å². The molecule has 2 fully saturated rings. The molecule has 1 spiro atoms. The fraction of sp³-hybridized carbons (Fsp3) is 0.267. The third-order valence-corrected chi connectivity index (χ3v) is 8.18. The number of hydrogen-bond donors (Lipinski definition) is 3. The lowest BCUT2D eigenvalue weighted by Crippen LogP contribution is -2.73. The van der Waals surface area contributed by atoms with Gasteiger partial charge in [0.1, 0.15) is 23.3 Å². The summed E-state index contributed by atoms with van der Waals surface area (Å²) in [6.07, 6.45) is 5.23. The molecule has 0 radical (unpaired) electrons. The standard InChI is InChI=1S/C30H30N8O4/c1-18-10-20(4-7-25(18)42-21-5-6-23-22(11-21)32-17-35(23)3)34-27-26-24(8-9-38(26)33-16-31-27)36-12-30(13-36)14-37(15-30)28(39)19(2)29(40)41/h4-11,16-17,40-41H,12-15H2,1-3H3,(H,31,33,34). The number of imidazole rings is 1. The van der Waals surface area contributed by atoms with E-state index in [4.69, 9.17) is 4.74 Å². The minimum absolute atomic E-state index is 0.00650. The van der Waals surface area contributed by atoms with Crippen LogP contribution in [0.2, 0.25) is 0 Å². The van der Waals surface area contributed by atoms with Crippen molar-refractivity contribution >= 4 is 39.6 Å². The second kappa shape index (κ2) is 9.40. The van der Waals surface area contributed by atoms with E-state index in [1.165, 1.54) is 13.3 Å². The second-order valence-electron chi connectivity index (χ2n) is 11.3. The number of nitrogens with zero attached hydrogens (tertiary/aromatic N) is 7. The van der Waals surface area contributed by atoms with Crippen LogP contribution in [0.5, 0.6) is 11.5 Å². The number of aryl methyl sites for hydroxylation is 2. The van der Waals surface area contributed by atoms with Crippen molar-refractivity contribution in [1.82, 2.24) is 29.0 Å². The topological polar surface area (TPSA) is 133 Å². The predicted octanol–water partition coefficient (Wildman–Crippen LogP) is 4.46. The Hall–Kier alpha value is -5.26. The van der Waals surface area contributed by atoms with Gasteiger partial charge in [0.05, 0.1) is 28.6 Å². The summed E-state index contributed by atoms with van der Waals surface area (Å²) in [7, 11) is 1.97. The van der Waals surface area contributed by atoms with E-state index in [2.05, 4.69) is 25.3 Å². The number of carbonyl (C=O) groups is 1. The summed E-state index contributed by atoms with van der Waals surface area (Å²) in [5.41, 5.74) is 5.62. The third kappa shape index (κ3) is 4.23. The van der Waals surface area contributed by atoms with Crippen LogP contribution in [0.15, 0.2) is 72.8 Å². The van der Waals surface area contributed by atoms with Crippen molar-refractivity contribution in [1.29, 1.82) is 0 Å². The number of anilines is 3. The van der Waals surface area contributed by atoms with Gasteiger partial charge in [0.25, 0.3) is 11.9 Å². The van der Waals surface area contributed by atoms with Crippen LogP contribution >= 0.6 is 0 Å². The molecule has 3 aromatic heterocycles. The number of nitrogens with one attached hydrogen (secondary N) is 1. The number of likely N-dealkylation sites (tertiary alicyclic amines) is 1. The van der Waals surface area contributed by atoms with Crippen molar-refractivity contribution in [2.75, 3.05) is 36.4 Å². The second-order valence-corrected chi connectivity index (χ2v) is 11.3. The summed E-state index contributed by atoms with van der Waals surface area (Å²) in [6, 6.07) is 13.8. The SMILES string of the molecule is CC(C(=O)N1CC2(C1)CN(c1ccn3ncnc(Nc4ccc(Oc5ccc6c(c5)ncn6C)c(C)c4)c13)C2)=C(O)O. The van der Waals surface area contributed by atoms with Crippen LogP contribution in [-0.2, 0) is 11.8 Å². The number of aliphatic hydroxyl groups excluding tert-OH is 1. The molecule has 214 valence electrons. The van der Waals surface area contributed by atoms with Crippen LogP contribution in [0.1, 0.15) is 12.5 Å². The van der Waals surface area contributed by atoms with E-state index < -0.39 is 5.95 Å². The number of amides is 1. The van der Waals surface area contributed by atoms with Crippen molar-refractivity contribution < 1.29 is 19.7 Å². The average Bonchev–Trinajstić information content (AvgIpc) is 3.52. The highest BCUT2D eigenvalue weighted by Gasteiger charge is 2.54. The number of aliphatic hydroxyl groups is 2. The molecule has 0 saturated carbocycles. The molecule has 0 unspecified atom stereocenters. The lowest BCUT2D eigenvalue weighted by molar-refractivity contribution is -0.141. The molecule has 12 heteroatoms. The summed E-state index contributed by atoms with van der Waals surface area (Å²) >= 11 is 0. The van der Waals surface area contributed by atoms with Gasteiger partial charge in [-0.1, -0.05) is 0 Å². The van der Waals surface area contributed by atoms with Crippen LogP contribution in [-0.4, -0.2) is 71.3 Å². The lowest BCUT2D eigenvalue weighted by atomic mass is 9.72. The van der Waals surface area contributed by atoms with Crippen LogP contribution in [0.25, 0.3) is 16.6 Å². The maximum absolute atomic E-state index is 12.4. The van der Waals surface area contributed by atoms with Gasteiger partial charge in [-0.15, -0.1) is 0 Å². The van der Waals surface area contributed by atoms with E-state index in [1.807, 2.05) is 71.7 Å². The Labute approximate surface area is 241 Å². The van der Waals surface area contributed by atoms with Crippen molar-refractivity contribution in [3.63, 3.8) is 0 Å². The number of hydrogen-bond acceptors (Lipinski definition) is 9. The number of carbonyl (C=O) groups excluding carboxylic acids is 1. The van der Waals surface area contributed by atoms with Gasteiger partial charge in [-0.2, -0.15) is 5.10 Å². The molecular weight excluding hydrogens is 536 g/mol. The monoisotopic (exact) mass is 566 g/mol. The zero-order valence-electron chi connectivity index (χ0n) is 23.4. The number of ether oxygens (including phenoxy) is 1. The highest BCUT2D eigenvalue weighted by molar-refractivity contribution is 5.94. The lowest BCUT2D eigenvalue weighted by Gasteiger charge is -2.60. The number of rotatable bonds is 6. The van der Waals surface area contributed by atoms with E-state index in [0.29, 0.717) is 18.9 Å². The molecule has 12 nitrogen and oxygen atoms in total. The molecule has 2 aromatic carbocycles. The van der Waals surface area contributed by atoms with Crippen LogP contribution in [0, 0.1) is 12.3 Å². The Bertz CT molecular complexity index is 1890. The largest absolute Gasteiger partial charge is 0.481 e. The maximum atomic E-state index is 12.4. The fourth-order valence-electron chi connectivity index (χ4n) is 5.94. The van der Waals surface area contributed by atoms with E-state index in [0.717, 1.165) is 58.1 Å². The quantitative estimate of drug-likeness (QED) is 0.201. The molecule has 1 amide bonds. The van der Waals surface area contributed by atoms with E-state index in [-0.39, 0.29) is 16.9 Å². The molecule has 5 heterocycles. The van der Waals surface area contributed by atoms with Gasteiger partial charge in [0, 0.05) is 56.6 Å². The molecule has 0 aliphatic carbocycles. The number of aromatic nitrogens is 5. The Morgan fingerprint density at radius 1 is 1.05 bits per heavy atom. The van der Waals surface area contributed by atoms with Crippen molar-refractivity contribution in [3.05, 3.63) is 78.4 Å². The molecular formula is C30H30N8O4. The Morgan fingerprint density at radius 3 is 2.62 bits per heavy atom. The Kier molecular flexibility index (Phi) is 5.75. The maximum Gasteiger partial charge on any atom is 0.282 e. The minimum atomic E-state index is -0.920. The van der Waals surface area contributed by atoms with Gasteiger partial charge >= 0.3 is 0 Å². The summed E-state index contributed by atoms with van der Waals surface area (Å²) in [5, 5.41) is 26.3. The molecule has 42 heavy (non-hydrogen) atoms. The summed E-state index contributed by atoms with van der Waals surface area (Å²) in [4.78, 5) is 25.3. The first kappa shape index (κ1) is 25.7. The van der Waals surface area contributed by atoms with Gasteiger partial charge in [-0.25, -0.2) is 14.5 Å². The molecule has 3 N–H and O–H groups in total. The highest BCUT2D eigenvalue weighted by Crippen LogP contribution is 2.44. The van der Waals surface area contributed by atoms with Crippen molar-refractivity contribution in [2.24, 2.45) is 12.5 Å². The molecule has 2 saturated heterocycles. The minimum Gasteiger partial charge on any atom is -0.481 e. The smallest absolute Gasteiger partial charge is 0.282 e. The normalized spacial score (nSPS) is 15.5. The summed E-state index contributed by atoms with van der Waals surface area (Å²) < 4.78 is 9.96. The predicted molar refractivity (Wildman–Crippen MR) is 157 cm³/mol. The van der Waals surface area contributed by atoms with Gasteiger partial charge in [-0.3, -0.25) is 4.79 Å². The van der Waals surface area contributed by atoms with E-state index >= 15 is 0 Å². The molecule has 0 atom stereocenters. The zero-order valence-corrected chi connectivity index (χ0v) is 23.4. The van der Waals surface area contributed by atoms with E-state index in [9.17, 15) is 15.0 Å². The fourth-order valence-corrected chi connectivity index (χ4v) is 5.94. The van der Waals surface area contributed by atoms with Crippen molar-refractivity contribution in [2.45, 2.75) is 13.8 Å². The van der Waals surface area contributed by atoms with E-state index in [1.54, 1.807) is 11.2 Å². The third-order valence-electron chi connectivity index (χ3n) is 8.18. The summed E-state index contributed by atoms with van der Waals surface area (Å²) in [6.45, 7) is 6.17. The first-order chi connectivity index (χ1) is 20.2. The van der Waals surface area contributed by atoms with Gasteiger partial charge in [0.15, 0.2) is 5.82 Å². The van der Waals surface area contributed by atoms with Crippen LogP contribution < -0.4 is 15.0 Å². The number of fused-ring (bicyclic) bond motifs is 2. The number of benzene rings is 2. The van der Waals surface area contributed by atoms with Gasteiger partial charge in [-0.05, 0) is 55.8 Å². The highest BCUT2D eigenvalue weighted by atomic mass is 16.5. The summed E-state index contributed by atoms with van der Waals surface area (Å²) in [5.74, 6) is 0.908. The van der Waals surface area contributed by atoms with Crippen LogP contribution in [0.4, 0.5) is 17.2 Å². The first-order valence-electron chi connectivity index (χ1n) is 13.6. The molecule has 2 aliphatic rings. The first-order valence-corrected chi connectivity index (χ1v) is 13.6. The molecule has 5 aromatic rings. The zero-order chi connectivity index (χ0) is 29.2. The molecule has 2 aliphatic heterocycles. The van der Waals surface area contributed by atoms with Gasteiger partial charge < -0.3 is 34.6 Å². The Balaban J connectivity index is 1.06. The average molecular weight is 567 g/mol. The Morgan fingerprint density at radius 2 is 1.86 bits per heavy atom.